The smallest absolute Gasteiger partial charge is 0.269 e. The maximum absolute atomic E-state index is 13.8. The number of nitro benzene ring substituents is 1. The normalized spacial score (nSPS) is 16.6. The SMILES string of the molecule is O=[N+]([O-])c1ccc(CN=C(NCCc2ccccc2F)NCC2CCOC2)cc1. The summed E-state index contributed by atoms with van der Waals surface area (Å²) in [6, 6.07) is 13.1. The quantitative estimate of drug-likeness (QED) is 0.308. The fourth-order valence-electron chi connectivity index (χ4n) is 3.07. The van der Waals surface area contributed by atoms with Crippen molar-refractivity contribution >= 4 is 11.6 Å². The number of guanidine groups is 1. The second-order valence-electron chi connectivity index (χ2n) is 6.97. The summed E-state index contributed by atoms with van der Waals surface area (Å²) in [5.74, 6) is 0.856. The second kappa shape index (κ2) is 10.5. The third kappa shape index (κ3) is 6.53. The van der Waals surface area contributed by atoms with Crippen LogP contribution in [0.4, 0.5) is 10.1 Å². The van der Waals surface area contributed by atoms with Crippen LogP contribution in [0.1, 0.15) is 17.5 Å². The maximum atomic E-state index is 13.8. The van der Waals surface area contributed by atoms with E-state index in [-0.39, 0.29) is 11.5 Å². The molecule has 0 saturated carbocycles. The number of ether oxygens (including phenoxy) is 1. The molecule has 2 aromatic rings. The topological polar surface area (TPSA) is 88.8 Å². The molecule has 0 bridgehead atoms. The van der Waals surface area contributed by atoms with Crippen molar-refractivity contribution in [3.05, 3.63) is 75.6 Å². The van der Waals surface area contributed by atoms with Crippen LogP contribution in [0.5, 0.6) is 0 Å². The molecule has 0 spiro atoms. The van der Waals surface area contributed by atoms with E-state index in [0.29, 0.717) is 37.0 Å². The lowest BCUT2D eigenvalue weighted by atomic mass is 10.1. The number of benzene rings is 2. The molecule has 0 aliphatic carbocycles. The maximum Gasteiger partial charge on any atom is 0.269 e. The predicted molar refractivity (Wildman–Crippen MR) is 109 cm³/mol. The molecule has 0 radical (unpaired) electrons. The molecular weight excluding hydrogens is 375 g/mol. The van der Waals surface area contributed by atoms with Gasteiger partial charge in [0.05, 0.1) is 18.1 Å². The van der Waals surface area contributed by atoms with E-state index in [1.807, 2.05) is 6.07 Å². The van der Waals surface area contributed by atoms with Crippen LogP contribution in [-0.4, -0.2) is 37.2 Å². The fourth-order valence-corrected chi connectivity index (χ4v) is 3.07. The first kappa shape index (κ1) is 20.7. The second-order valence-corrected chi connectivity index (χ2v) is 6.97. The lowest BCUT2D eigenvalue weighted by Crippen LogP contribution is -2.41. The van der Waals surface area contributed by atoms with E-state index in [1.54, 1.807) is 24.3 Å². The average Bonchev–Trinajstić information content (AvgIpc) is 3.25. The zero-order chi connectivity index (χ0) is 20.5. The van der Waals surface area contributed by atoms with E-state index in [0.717, 1.165) is 31.7 Å². The van der Waals surface area contributed by atoms with Gasteiger partial charge in [-0.05, 0) is 30.0 Å². The molecule has 1 heterocycles. The van der Waals surface area contributed by atoms with Gasteiger partial charge in [-0.1, -0.05) is 30.3 Å². The Morgan fingerprint density at radius 3 is 2.69 bits per heavy atom. The first-order valence-corrected chi connectivity index (χ1v) is 9.68. The standard InChI is InChI=1S/C21H25FN4O3/c22-20-4-2-1-3-18(20)9-11-23-21(25-14-17-10-12-29-15-17)24-13-16-5-7-19(8-6-16)26(27)28/h1-8,17H,9-15H2,(H2,23,24,25). The van der Waals surface area contributed by atoms with Gasteiger partial charge in [0.1, 0.15) is 5.82 Å². The molecule has 1 fully saturated rings. The van der Waals surface area contributed by atoms with Gasteiger partial charge >= 0.3 is 0 Å². The van der Waals surface area contributed by atoms with Gasteiger partial charge < -0.3 is 15.4 Å². The Labute approximate surface area is 169 Å². The number of non-ortho nitro benzene ring substituents is 1. The molecule has 29 heavy (non-hydrogen) atoms. The van der Waals surface area contributed by atoms with Crippen LogP contribution >= 0.6 is 0 Å². The molecule has 3 rings (SSSR count). The molecule has 154 valence electrons. The highest BCUT2D eigenvalue weighted by Crippen LogP contribution is 2.13. The Kier molecular flexibility index (Phi) is 7.52. The molecular formula is C21H25FN4O3. The van der Waals surface area contributed by atoms with Crippen molar-refractivity contribution in [2.45, 2.75) is 19.4 Å². The van der Waals surface area contributed by atoms with Crippen LogP contribution in [0.15, 0.2) is 53.5 Å². The largest absolute Gasteiger partial charge is 0.381 e. The molecule has 8 heteroatoms. The van der Waals surface area contributed by atoms with Crippen LogP contribution in [0, 0.1) is 21.8 Å². The monoisotopic (exact) mass is 400 g/mol. The van der Waals surface area contributed by atoms with E-state index in [2.05, 4.69) is 15.6 Å². The molecule has 1 saturated heterocycles. The van der Waals surface area contributed by atoms with Crippen molar-refractivity contribution in [1.82, 2.24) is 10.6 Å². The molecule has 1 aliphatic heterocycles. The van der Waals surface area contributed by atoms with Crippen molar-refractivity contribution < 1.29 is 14.1 Å². The summed E-state index contributed by atoms with van der Waals surface area (Å²) in [4.78, 5) is 14.9. The van der Waals surface area contributed by atoms with Crippen LogP contribution in [-0.2, 0) is 17.7 Å². The van der Waals surface area contributed by atoms with Gasteiger partial charge in [-0.15, -0.1) is 0 Å². The van der Waals surface area contributed by atoms with Crippen molar-refractivity contribution in [2.75, 3.05) is 26.3 Å². The highest BCUT2D eigenvalue weighted by atomic mass is 19.1. The van der Waals surface area contributed by atoms with Crippen LogP contribution in [0.2, 0.25) is 0 Å². The molecule has 2 N–H and O–H groups in total. The number of nitro groups is 1. The van der Waals surface area contributed by atoms with Crippen molar-refractivity contribution in [3.8, 4) is 0 Å². The minimum atomic E-state index is -0.423. The Morgan fingerprint density at radius 2 is 2.00 bits per heavy atom. The Morgan fingerprint density at radius 1 is 1.21 bits per heavy atom. The number of nitrogens with one attached hydrogen (secondary N) is 2. The number of hydrogen-bond donors (Lipinski definition) is 2. The highest BCUT2D eigenvalue weighted by molar-refractivity contribution is 5.79. The number of rotatable bonds is 8. The van der Waals surface area contributed by atoms with Gasteiger partial charge in [0.2, 0.25) is 0 Å². The number of halogens is 1. The van der Waals surface area contributed by atoms with E-state index >= 15 is 0 Å². The minimum absolute atomic E-state index is 0.0559. The molecule has 0 amide bonds. The lowest BCUT2D eigenvalue weighted by molar-refractivity contribution is -0.384. The minimum Gasteiger partial charge on any atom is -0.381 e. The number of hydrogen-bond acceptors (Lipinski definition) is 4. The Balaban J connectivity index is 1.58. The van der Waals surface area contributed by atoms with Gasteiger partial charge in [-0.3, -0.25) is 10.1 Å². The fraction of sp³-hybridized carbons (Fsp3) is 0.381. The summed E-state index contributed by atoms with van der Waals surface area (Å²) in [5.41, 5.74) is 1.58. The van der Waals surface area contributed by atoms with E-state index in [9.17, 15) is 14.5 Å². The highest BCUT2D eigenvalue weighted by Gasteiger charge is 2.15. The van der Waals surface area contributed by atoms with Gasteiger partial charge in [0.25, 0.3) is 5.69 Å². The zero-order valence-corrected chi connectivity index (χ0v) is 16.1. The summed E-state index contributed by atoms with van der Waals surface area (Å²) in [5, 5.41) is 17.3. The molecule has 7 nitrogen and oxygen atoms in total. The van der Waals surface area contributed by atoms with E-state index in [4.69, 9.17) is 4.74 Å². The number of aliphatic imine (C=N–C) groups is 1. The zero-order valence-electron chi connectivity index (χ0n) is 16.1. The van der Waals surface area contributed by atoms with Gasteiger partial charge in [0, 0.05) is 37.7 Å². The summed E-state index contributed by atoms with van der Waals surface area (Å²) < 4.78 is 19.2. The summed E-state index contributed by atoms with van der Waals surface area (Å²) in [7, 11) is 0. The van der Waals surface area contributed by atoms with Gasteiger partial charge in [-0.2, -0.15) is 0 Å². The van der Waals surface area contributed by atoms with Crippen molar-refractivity contribution in [1.29, 1.82) is 0 Å². The molecule has 0 aromatic heterocycles. The molecule has 1 aliphatic rings. The number of nitrogens with zero attached hydrogens (tertiary/aromatic N) is 2. The van der Waals surface area contributed by atoms with Gasteiger partial charge in [-0.25, -0.2) is 9.38 Å². The predicted octanol–water partition coefficient (Wildman–Crippen LogP) is 3.05. The Bertz CT molecular complexity index is 836. The molecule has 1 atom stereocenters. The Hall–Kier alpha value is -3.00. The van der Waals surface area contributed by atoms with Gasteiger partial charge in [0.15, 0.2) is 5.96 Å². The summed E-state index contributed by atoms with van der Waals surface area (Å²) in [6.07, 6.45) is 1.55. The van der Waals surface area contributed by atoms with E-state index in [1.165, 1.54) is 18.2 Å². The van der Waals surface area contributed by atoms with Crippen LogP contribution < -0.4 is 10.6 Å². The third-order valence-electron chi connectivity index (χ3n) is 4.79. The average molecular weight is 400 g/mol. The summed E-state index contributed by atoms with van der Waals surface area (Å²) >= 11 is 0. The van der Waals surface area contributed by atoms with Crippen molar-refractivity contribution in [2.24, 2.45) is 10.9 Å². The third-order valence-corrected chi connectivity index (χ3v) is 4.79. The molecule has 1 unspecified atom stereocenters. The van der Waals surface area contributed by atoms with Crippen molar-refractivity contribution in [3.63, 3.8) is 0 Å². The first-order chi connectivity index (χ1) is 14.1. The lowest BCUT2D eigenvalue weighted by Gasteiger charge is -2.15. The first-order valence-electron chi connectivity index (χ1n) is 9.68. The summed E-state index contributed by atoms with van der Waals surface area (Å²) in [6.45, 7) is 3.17. The van der Waals surface area contributed by atoms with E-state index < -0.39 is 4.92 Å². The molecule has 2 aromatic carbocycles. The van der Waals surface area contributed by atoms with Crippen LogP contribution in [0.25, 0.3) is 0 Å². The van der Waals surface area contributed by atoms with Crippen LogP contribution in [0.3, 0.4) is 0 Å².